The smallest absolute Gasteiger partial charge is 0.253 e. The first-order valence-electron chi connectivity index (χ1n) is 9.65. The van der Waals surface area contributed by atoms with Gasteiger partial charge in [-0.15, -0.1) is 0 Å². The van der Waals surface area contributed by atoms with Gasteiger partial charge in [0, 0.05) is 31.7 Å². The van der Waals surface area contributed by atoms with Gasteiger partial charge in [-0.2, -0.15) is 0 Å². The maximum Gasteiger partial charge on any atom is 0.253 e. The average Bonchev–Trinajstić information content (AvgIpc) is 2.94. The minimum Gasteiger partial charge on any atom is -0.339 e. The van der Waals surface area contributed by atoms with Gasteiger partial charge in [0.25, 0.3) is 5.91 Å². The van der Waals surface area contributed by atoms with E-state index in [1.807, 2.05) is 69.8 Å². The van der Waals surface area contributed by atoms with Gasteiger partial charge in [-0.3, -0.25) is 9.59 Å². The van der Waals surface area contributed by atoms with Crippen LogP contribution in [0.4, 0.5) is 0 Å². The highest BCUT2D eigenvalue weighted by Crippen LogP contribution is 2.14. The lowest BCUT2D eigenvalue weighted by molar-refractivity contribution is -0.131. The van der Waals surface area contributed by atoms with E-state index in [4.69, 9.17) is 0 Å². The van der Waals surface area contributed by atoms with E-state index < -0.39 is 0 Å². The maximum atomic E-state index is 12.8. The summed E-state index contributed by atoms with van der Waals surface area (Å²) in [5.74, 6) is 0.103. The average molecular weight is 376 g/mol. The van der Waals surface area contributed by atoms with E-state index in [1.54, 1.807) is 6.33 Å². The van der Waals surface area contributed by atoms with E-state index in [0.29, 0.717) is 31.7 Å². The molecule has 0 unspecified atom stereocenters. The number of nitrogens with zero attached hydrogens (tertiary/aromatic N) is 4. The lowest BCUT2D eigenvalue weighted by Crippen LogP contribution is -2.38. The summed E-state index contributed by atoms with van der Waals surface area (Å²) in [6.07, 6.45) is 2.50. The zero-order chi connectivity index (χ0) is 19.5. The lowest BCUT2D eigenvalue weighted by Gasteiger charge is -2.22. The molecule has 4 rings (SSSR count). The molecule has 0 saturated carbocycles. The molecule has 28 heavy (non-hydrogen) atoms. The Morgan fingerprint density at radius 3 is 2.61 bits per heavy atom. The summed E-state index contributed by atoms with van der Waals surface area (Å²) >= 11 is 0. The quantitative estimate of drug-likeness (QED) is 0.706. The third-order valence-electron chi connectivity index (χ3n) is 5.23. The molecule has 2 aromatic carbocycles. The van der Waals surface area contributed by atoms with E-state index in [9.17, 15) is 9.59 Å². The van der Waals surface area contributed by atoms with Crippen molar-refractivity contribution >= 4 is 22.8 Å². The fraction of sp³-hybridized carbons (Fsp3) is 0.318. The van der Waals surface area contributed by atoms with Gasteiger partial charge in [0.2, 0.25) is 5.91 Å². The van der Waals surface area contributed by atoms with Crippen LogP contribution < -0.4 is 0 Å². The predicted molar refractivity (Wildman–Crippen MR) is 108 cm³/mol. The molecule has 0 atom stereocenters. The van der Waals surface area contributed by atoms with Gasteiger partial charge >= 0.3 is 0 Å². The third kappa shape index (κ3) is 3.76. The van der Waals surface area contributed by atoms with Crippen molar-refractivity contribution in [3.63, 3.8) is 0 Å². The van der Waals surface area contributed by atoms with Crippen LogP contribution >= 0.6 is 0 Å². The van der Waals surface area contributed by atoms with E-state index in [-0.39, 0.29) is 18.4 Å². The number of imidazole rings is 1. The van der Waals surface area contributed by atoms with E-state index in [0.717, 1.165) is 23.0 Å². The molecule has 6 heteroatoms. The van der Waals surface area contributed by atoms with Crippen molar-refractivity contribution in [1.29, 1.82) is 0 Å². The minimum atomic E-state index is 0.0404. The highest BCUT2D eigenvalue weighted by atomic mass is 16.2. The third-order valence-corrected chi connectivity index (χ3v) is 5.23. The Morgan fingerprint density at radius 1 is 0.964 bits per heavy atom. The molecule has 3 aromatic rings. The zero-order valence-corrected chi connectivity index (χ0v) is 16.0. The molecule has 1 aliphatic heterocycles. The van der Waals surface area contributed by atoms with Gasteiger partial charge in [0.15, 0.2) is 0 Å². The summed E-state index contributed by atoms with van der Waals surface area (Å²) in [7, 11) is 0. The first-order chi connectivity index (χ1) is 13.6. The molecule has 6 nitrogen and oxygen atoms in total. The molecule has 0 bridgehead atoms. The topological polar surface area (TPSA) is 58.4 Å². The van der Waals surface area contributed by atoms with Crippen LogP contribution in [-0.2, 0) is 11.3 Å². The molecule has 1 saturated heterocycles. The highest BCUT2D eigenvalue weighted by molar-refractivity contribution is 5.94. The Morgan fingerprint density at radius 2 is 1.75 bits per heavy atom. The van der Waals surface area contributed by atoms with Gasteiger partial charge < -0.3 is 14.4 Å². The fourth-order valence-corrected chi connectivity index (χ4v) is 3.71. The number of para-hydroxylation sites is 2. The van der Waals surface area contributed by atoms with Gasteiger partial charge in [-0.25, -0.2) is 4.98 Å². The maximum absolute atomic E-state index is 12.8. The summed E-state index contributed by atoms with van der Waals surface area (Å²) in [5.41, 5.74) is 3.64. The Labute approximate surface area is 164 Å². The summed E-state index contributed by atoms with van der Waals surface area (Å²) in [5, 5.41) is 0. The van der Waals surface area contributed by atoms with Gasteiger partial charge in [0.1, 0.15) is 6.54 Å². The van der Waals surface area contributed by atoms with Crippen LogP contribution in [0.3, 0.4) is 0 Å². The molecule has 2 amide bonds. The summed E-state index contributed by atoms with van der Waals surface area (Å²) in [4.78, 5) is 33.7. The molecule has 144 valence electrons. The Hall–Kier alpha value is -3.15. The first-order valence-corrected chi connectivity index (χ1v) is 9.65. The number of hydrogen-bond acceptors (Lipinski definition) is 3. The Kier molecular flexibility index (Phi) is 5.10. The second-order valence-electron chi connectivity index (χ2n) is 7.26. The molecule has 1 aromatic heterocycles. The standard InChI is InChI=1S/C22H24N4O2/c1-17-6-4-7-18(14-17)22(28)25-11-5-10-24(12-13-25)21(27)15-26-16-23-19-8-2-3-9-20(19)26/h2-4,6-9,14,16H,5,10-13,15H2,1H3. The molecule has 0 radical (unpaired) electrons. The molecule has 0 spiro atoms. The number of aryl methyl sites for hydroxylation is 1. The number of rotatable bonds is 3. The van der Waals surface area contributed by atoms with Crippen LogP contribution in [0.15, 0.2) is 54.9 Å². The van der Waals surface area contributed by atoms with Crippen molar-refractivity contribution < 1.29 is 9.59 Å². The Balaban J connectivity index is 1.41. The minimum absolute atomic E-state index is 0.0404. The molecular weight excluding hydrogens is 352 g/mol. The van der Waals surface area contributed by atoms with Crippen molar-refractivity contribution in [2.24, 2.45) is 0 Å². The summed E-state index contributed by atoms with van der Waals surface area (Å²) < 4.78 is 1.89. The van der Waals surface area contributed by atoms with Gasteiger partial charge in [-0.1, -0.05) is 29.8 Å². The number of carbonyl (C=O) groups excluding carboxylic acids is 2. The monoisotopic (exact) mass is 376 g/mol. The number of fused-ring (bicyclic) bond motifs is 1. The van der Waals surface area contributed by atoms with Gasteiger partial charge in [0.05, 0.1) is 17.4 Å². The van der Waals surface area contributed by atoms with E-state index >= 15 is 0 Å². The number of carbonyl (C=O) groups is 2. The molecule has 0 N–H and O–H groups in total. The zero-order valence-electron chi connectivity index (χ0n) is 16.0. The van der Waals surface area contributed by atoms with Crippen molar-refractivity contribution in [3.05, 3.63) is 66.0 Å². The van der Waals surface area contributed by atoms with Crippen molar-refractivity contribution in [2.45, 2.75) is 19.9 Å². The van der Waals surface area contributed by atoms with Gasteiger partial charge in [-0.05, 0) is 37.6 Å². The second kappa shape index (κ2) is 7.84. The molecule has 0 aliphatic carbocycles. The van der Waals surface area contributed by atoms with Crippen LogP contribution in [-0.4, -0.2) is 57.3 Å². The number of aromatic nitrogens is 2. The second-order valence-corrected chi connectivity index (χ2v) is 7.26. The summed E-state index contributed by atoms with van der Waals surface area (Å²) in [6, 6.07) is 15.5. The molecule has 1 fully saturated rings. The lowest BCUT2D eigenvalue weighted by atomic mass is 10.1. The van der Waals surface area contributed by atoms with Crippen LogP contribution in [0, 0.1) is 6.92 Å². The highest BCUT2D eigenvalue weighted by Gasteiger charge is 2.23. The van der Waals surface area contributed by atoms with Crippen LogP contribution in [0.5, 0.6) is 0 Å². The van der Waals surface area contributed by atoms with E-state index in [2.05, 4.69) is 4.98 Å². The van der Waals surface area contributed by atoms with Crippen LogP contribution in [0.1, 0.15) is 22.3 Å². The normalized spacial score (nSPS) is 14.9. The molecular formula is C22H24N4O2. The van der Waals surface area contributed by atoms with Crippen molar-refractivity contribution in [1.82, 2.24) is 19.4 Å². The van der Waals surface area contributed by atoms with Crippen LogP contribution in [0.2, 0.25) is 0 Å². The first kappa shape index (κ1) is 18.2. The van der Waals surface area contributed by atoms with E-state index in [1.165, 1.54) is 0 Å². The summed E-state index contributed by atoms with van der Waals surface area (Å²) in [6.45, 7) is 4.71. The SMILES string of the molecule is Cc1cccc(C(=O)N2CCCN(C(=O)Cn3cnc4ccccc43)CC2)c1. The predicted octanol–water partition coefficient (Wildman–Crippen LogP) is 2.72. The molecule has 2 heterocycles. The van der Waals surface area contributed by atoms with Crippen molar-refractivity contribution in [3.8, 4) is 0 Å². The number of amides is 2. The number of benzene rings is 2. The Bertz CT molecular complexity index is 1010. The molecule has 1 aliphatic rings. The fourth-order valence-electron chi connectivity index (χ4n) is 3.71. The number of hydrogen-bond donors (Lipinski definition) is 0. The van der Waals surface area contributed by atoms with Crippen LogP contribution in [0.25, 0.3) is 11.0 Å². The largest absolute Gasteiger partial charge is 0.339 e. The van der Waals surface area contributed by atoms with Crippen molar-refractivity contribution in [2.75, 3.05) is 26.2 Å².